The zero-order valence-electron chi connectivity index (χ0n) is 11.6. The number of sulfonamides is 1. The highest BCUT2D eigenvalue weighted by atomic mass is 79.9. The SMILES string of the molecule is Cc1cc(Br)c(S(=O)(=O)NCC(Cl)CC(C)C)cc1Br. The standard InChI is InChI=1S/C13H18Br2ClNO2S/c1-8(2)4-10(16)7-17-20(18,19)13-6-11(14)9(3)5-12(13)15/h5-6,8,10,17H,4,7H2,1-3H3. The molecule has 114 valence electrons. The van der Waals surface area contributed by atoms with Crippen molar-refractivity contribution in [3.63, 3.8) is 0 Å². The summed E-state index contributed by atoms with van der Waals surface area (Å²) in [4.78, 5) is 0.211. The number of rotatable bonds is 6. The van der Waals surface area contributed by atoms with E-state index in [4.69, 9.17) is 11.6 Å². The van der Waals surface area contributed by atoms with Gasteiger partial charge in [0.2, 0.25) is 10.0 Å². The first-order chi connectivity index (χ1) is 9.13. The van der Waals surface area contributed by atoms with E-state index < -0.39 is 10.0 Å². The van der Waals surface area contributed by atoms with Crippen LogP contribution in [0, 0.1) is 12.8 Å². The second-order valence-corrected chi connectivity index (χ2v) is 9.17. The zero-order chi connectivity index (χ0) is 15.5. The van der Waals surface area contributed by atoms with Crippen LogP contribution in [-0.4, -0.2) is 20.3 Å². The van der Waals surface area contributed by atoms with E-state index >= 15 is 0 Å². The van der Waals surface area contributed by atoms with Crippen LogP contribution in [0.4, 0.5) is 0 Å². The van der Waals surface area contributed by atoms with Gasteiger partial charge in [-0.05, 0) is 52.9 Å². The van der Waals surface area contributed by atoms with Crippen LogP contribution in [0.25, 0.3) is 0 Å². The molecule has 0 aliphatic carbocycles. The summed E-state index contributed by atoms with van der Waals surface area (Å²) >= 11 is 12.8. The molecule has 0 amide bonds. The average Bonchev–Trinajstić information content (AvgIpc) is 2.30. The Hall–Kier alpha value is 0.380. The minimum Gasteiger partial charge on any atom is -0.210 e. The van der Waals surface area contributed by atoms with Crippen molar-refractivity contribution in [3.05, 3.63) is 26.6 Å². The molecule has 7 heteroatoms. The summed E-state index contributed by atoms with van der Waals surface area (Å²) in [5.74, 6) is 0.433. The first-order valence-corrected chi connectivity index (χ1v) is 9.73. The van der Waals surface area contributed by atoms with Crippen LogP contribution in [0.3, 0.4) is 0 Å². The molecule has 0 bridgehead atoms. The zero-order valence-corrected chi connectivity index (χ0v) is 16.3. The first kappa shape index (κ1) is 18.4. The molecular weight excluding hydrogens is 429 g/mol. The highest BCUT2D eigenvalue weighted by Gasteiger charge is 2.20. The minimum atomic E-state index is -3.57. The van der Waals surface area contributed by atoms with E-state index in [1.165, 1.54) is 0 Å². The fraction of sp³-hybridized carbons (Fsp3) is 0.538. The van der Waals surface area contributed by atoms with E-state index in [9.17, 15) is 8.42 Å². The Kier molecular flexibility index (Phi) is 6.99. The number of aryl methyl sites for hydroxylation is 1. The number of nitrogens with one attached hydrogen (secondary N) is 1. The molecule has 0 radical (unpaired) electrons. The van der Waals surface area contributed by atoms with E-state index in [1.54, 1.807) is 12.1 Å². The number of halogens is 3. The molecule has 0 fully saturated rings. The minimum absolute atomic E-state index is 0.211. The monoisotopic (exact) mass is 445 g/mol. The van der Waals surface area contributed by atoms with Gasteiger partial charge in [-0.1, -0.05) is 29.8 Å². The van der Waals surface area contributed by atoms with Crippen molar-refractivity contribution in [2.24, 2.45) is 5.92 Å². The summed E-state index contributed by atoms with van der Waals surface area (Å²) in [7, 11) is -3.57. The summed E-state index contributed by atoms with van der Waals surface area (Å²) in [5.41, 5.74) is 0.964. The molecular formula is C13H18Br2ClNO2S. The molecule has 1 rings (SSSR count). The van der Waals surface area contributed by atoms with Gasteiger partial charge >= 0.3 is 0 Å². The normalized spacial score (nSPS) is 13.8. The lowest BCUT2D eigenvalue weighted by molar-refractivity contribution is 0.544. The quantitative estimate of drug-likeness (QED) is 0.655. The van der Waals surface area contributed by atoms with Crippen molar-refractivity contribution in [2.75, 3.05) is 6.54 Å². The highest BCUT2D eigenvalue weighted by Crippen LogP contribution is 2.28. The lowest BCUT2D eigenvalue weighted by Crippen LogP contribution is -2.30. The summed E-state index contributed by atoms with van der Waals surface area (Å²) in [5, 5.41) is -0.211. The van der Waals surface area contributed by atoms with Gasteiger partial charge in [0.05, 0.1) is 4.90 Å². The van der Waals surface area contributed by atoms with Crippen molar-refractivity contribution in [1.82, 2.24) is 4.72 Å². The van der Waals surface area contributed by atoms with Gasteiger partial charge in [0.25, 0.3) is 0 Å². The Morgan fingerprint density at radius 2 is 1.85 bits per heavy atom. The van der Waals surface area contributed by atoms with Crippen LogP contribution < -0.4 is 4.72 Å². The molecule has 0 saturated heterocycles. The van der Waals surface area contributed by atoms with Crippen LogP contribution in [-0.2, 0) is 10.0 Å². The maximum Gasteiger partial charge on any atom is 0.241 e. The van der Waals surface area contributed by atoms with Gasteiger partial charge in [0.15, 0.2) is 0 Å². The van der Waals surface area contributed by atoms with Crippen LogP contribution >= 0.6 is 43.5 Å². The maximum atomic E-state index is 12.3. The predicted octanol–water partition coefficient (Wildman–Crippen LogP) is 4.45. The lowest BCUT2D eigenvalue weighted by Gasteiger charge is -2.14. The number of hydrogen-bond donors (Lipinski definition) is 1. The molecule has 3 nitrogen and oxygen atoms in total. The highest BCUT2D eigenvalue weighted by molar-refractivity contribution is 9.11. The van der Waals surface area contributed by atoms with E-state index in [0.29, 0.717) is 10.4 Å². The predicted molar refractivity (Wildman–Crippen MR) is 90.9 cm³/mol. The molecule has 1 aromatic carbocycles. The molecule has 0 aliphatic rings. The third kappa shape index (κ3) is 5.30. The van der Waals surface area contributed by atoms with Gasteiger partial charge in [-0.15, -0.1) is 11.6 Å². The fourth-order valence-corrected chi connectivity index (χ4v) is 4.99. The van der Waals surface area contributed by atoms with Crippen molar-refractivity contribution in [2.45, 2.75) is 37.5 Å². The number of alkyl halides is 1. The molecule has 0 spiro atoms. The van der Waals surface area contributed by atoms with Gasteiger partial charge in [-0.25, -0.2) is 13.1 Å². The molecule has 1 N–H and O–H groups in total. The molecule has 0 heterocycles. The maximum absolute atomic E-state index is 12.3. The van der Waals surface area contributed by atoms with Gasteiger partial charge in [-0.2, -0.15) is 0 Å². The smallest absolute Gasteiger partial charge is 0.210 e. The van der Waals surface area contributed by atoms with Crippen molar-refractivity contribution in [3.8, 4) is 0 Å². The molecule has 0 saturated carbocycles. The molecule has 20 heavy (non-hydrogen) atoms. The second kappa shape index (κ2) is 7.58. The Balaban J connectivity index is 2.87. The summed E-state index contributed by atoms with van der Waals surface area (Å²) in [6.07, 6.45) is 0.767. The summed E-state index contributed by atoms with van der Waals surface area (Å²) in [6, 6.07) is 3.36. The van der Waals surface area contributed by atoms with Gasteiger partial charge in [-0.3, -0.25) is 0 Å². The Labute approximate surface area is 142 Å². The number of hydrogen-bond acceptors (Lipinski definition) is 2. The first-order valence-electron chi connectivity index (χ1n) is 6.23. The molecule has 1 unspecified atom stereocenters. The Morgan fingerprint density at radius 1 is 1.25 bits per heavy atom. The average molecular weight is 448 g/mol. The third-order valence-electron chi connectivity index (χ3n) is 2.72. The summed E-state index contributed by atoms with van der Waals surface area (Å²) in [6.45, 7) is 6.23. The van der Waals surface area contributed by atoms with Gasteiger partial charge < -0.3 is 0 Å². The third-order valence-corrected chi connectivity index (χ3v) is 6.29. The Morgan fingerprint density at radius 3 is 2.40 bits per heavy atom. The van der Waals surface area contributed by atoms with Crippen molar-refractivity contribution >= 4 is 53.5 Å². The van der Waals surface area contributed by atoms with Crippen molar-refractivity contribution < 1.29 is 8.42 Å². The molecule has 0 aromatic heterocycles. The van der Waals surface area contributed by atoms with Crippen LogP contribution in [0.5, 0.6) is 0 Å². The van der Waals surface area contributed by atoms with Crippen molar-refractivity contribution in [1.29, 1.82) is 0 Å². The fourth-order valence-electron chi connectivity index (χ4n) is 1.71. The van der Waals surface area contributed by atoms with Crippen LogP contribution in [0.2, 0.25) is 0 Å². The number of benzene rings is 1. The van der Waals surface area contributed by atoms with E-state index in [1.807, 2.05) is 6.92 Å². The van der Waals surface area contributed by atoms with Gasteiger partial charge in [0.1, 0.15) is 0 Å². The van der Waals surface area contributed by atoms with Gasteiger partial charge in [0, 0.05) is 20.9 Å². The van der Waals surface area contributed by atoms with Crippen LogP contribution in [0.1, 0.15) is 25.8 Å². The van der Waals surface area contributed by atoms with E-state index in [0.717, 1.165) is 16.5 Å². The molecule has 1 atom stereocenters. The lowest BCUT2D eigenvalue weighted by atomic mass is 10.1. The summed E-state index contributed by atoms with van der Waals surface area (Å²) < 4.78 is 28.4. The largest absolute Gasteiger partial charge is 0.241 e. The Bertz CT molecular complexity index is 576. The topological polar surface area (TPSA) is 46.2 Å². The molecule has 1 aromatic rings. The van der Waals surface area contributed by atoms with E-state index in [-0.39, 0.29) is 16.8 Å². The second-order valence-electron chi connectivity index (χ2n) is 5.11. The van der Waals surface area contributed by atoms with E-state index in [2.05, 4.69) is 50.4 Å². The van der Waals surface area contributed by atoms with Crippen LogP contribution in [0.15, 0.2) is 26.0 Å². The molecule has 0 aliphatic heterocycles.